The van der Waals surface area contributed by atoms with Gasteiger partial charge in [0.25, 0.3) is 5.56 Å². The summed E-state index contributed by atoms with van der Waals surface area (Å²) in [5.74, 6) is 0.886. The highest BCUT2D eigenvalue weighted by molar-refractivity contribution is 9.10. The average Bonchev–Trinajstić information content (AvgIpc) is 2.95. The highest BCUT2D eigenvalue weighted by atomic mass is 79.9. The number of hydrogen-bond acceptors (Lipinski definition) is 3. The Hall–Kier alpha value is -1.30. The van der Waals surface area contributed by atoms with Crippen LogP contribution in [-0.2, 0) is 6.54 Å². The number of nitrogens with two attached hydrogens (primary N) is 1. The second-order valence-corrected chi connectivity index (χ2v) is 5.80. The van der Waals surface area contributed by atoms with Gasteiger partial charge in [-0.3, -0.25) is 9.89 Å². The molecule has 0 saturated heterocycles. The number of nitrogens with one attached hydrogen (secondary N) is 1. The minimum atomic E-state index is -0.0497. The van der Waals surface area contributed by atoms with Crippen LogP contribution in [0.1, 0.15) is 25.7 Å². The van der Waals surface area contributed by atoms with Gasteiger partial charge in [-0.05, 0) is 34.7 Å². The normalized spacial score (nSPS) is 16.7. The van der Waals surface area contributed by atoms with Gasteiger partial charge >= 0.3 is 0 Å². The predicted molar refractivity (Wildman–Crippen MR) is 74.4 cm³/mol. The van der Waals surface area contributed by atoms with Crippen LogP contribution in [0.15, 0.2) is 15.5 Å². The third kappa shape index (κ3) is 1.84. The third-order valence-electron chi connectivity index (χ3n) is 3.71. The number of fused-ring (bicyclic) bond motifs is 1. The molecule has 3 N–H and O–H groups in total. The van der Waals surface area contributed by atoms with Crippen molar-refractivity contribution in [1.82, 2.24) is 14.8 Å². The van der Waals surface area contributed by atoms with Crippen molar-refractivity contribution in [3.05, 3.63) is 21.0 Å². The molecule has 1 aliphatic carbocycles. The van der Waals surface area contributed by atoms with E-state index in [1.165, 1.54) is 25.7 Å². The molecule has 1 fully saturated rings. The van der Waals surface area contributed by atoms with Gasteiger partial charge in [-0.25, -0.2) is 0 Å². The van der Waals surface area contributed by atoms with Gasteiger partial charge in [-0.2, -0.15) is 5.10 Å². The topological polar surface area (TPSA) is 76.7 Å². The molecule has 2 aromatic rings. The number of hydrogen-bond donors (Lipinski definition) is 2. The Balaban J connectivity index is 2.09. The predicted octanol–water partition coefficient (Wildman–Crippen LogP) is 2.26. The monoisotopic (exact) mass is 310 g/mol. The molecule has 2 aromatic heterocycles. The van der Waals surface area contributed by atoms with Crippen LogP contribution in [0.25, 0.3) is 10.9 Å². The summed E-state index contributed by atoms with van der Waals surface area (Å²) in [4.78, 5) is 12.4. The van der Waals surface area contributed by atoms with Crippen molar-refractivity contribution < 1.29 is 0 Å². The number of aromatic amines is 1. The van der Waals surface area contributed by atoms with Gasteiger partial charge in [0.05, 0.1) is 9.99 Å². The molecule has 96 valence electrons. The maximum atomic E-state index is 12.4. The van der Waals surface area contributed by atoms with Crippen molar-refractivity contribution in [2.75, 3.05) is 5.73 Å². The largest absolute Gasteiger partial charge is 0.382 e. The molecule has 0 unspecified atom stereocenters. The summed E-state index contributed by atoms with van der Waals surface area (Å²) in [5.41, 5.74) is 6.38. The molecule has 5 nitrogen and oxygen atoms in total. The van der Waals surface area contributed by atoms with Crippen LogP contribution < -0.4 is 11.3 Å². The van der Waals surface area contributed by atoms with Crippen LogP contribution in [0.2, 0.25) is 0 Å². The van der Waals surface area contributed by atoms with Crippen LogP contribution >= 0.6 is 15.9 Å². The zero-order valence-electron chi connectivity index (χ0n) is 9.95. The fourth-order valence-corrected chi connectivity index (χ4v) is 3.29. The Morgan fingerprint density at radius 1 is 1.50 bits per heavy atom. The van der Waals surface area contributed by atoms with E-state index in [0.717, 1.165) is 11.0 Å². The summed E-state index contributed by atoms with van der Waals surface area (Å²) in [5, 5.41) is 7.17. The molecular weight excluding hydrogens is 296 g/mol. The quantitative estimate of drug-likeness (QED) is 0.893. The van der Waals surface area contributed by atoms with Crippen molar-refractivity contribution in [1.29, 1.82) is 0 Å². The highest BCUT2D eigenvalue weighted by Crippen LogP contribution is 2.27. The van der Waals surface area contributed by atoms with E-state index in [9.17, 15) is 4.79 Å². The molecule has 2 heterocycles. The van der Waals surface area contributed by atoms with E-state index in [0.29, 0.717) is 16.8 Å². The Labute approximate surface area is 112 Å². The summed E-state index contributed by atoms with van der Waals surface area (Å²) in [7, 11) is 0. The number of anilines is 1. The van der Waals surface area contributed by atoms with Crippen LogP contribution in [0.3, 0.4) is 0 Å². The van der Waals surface area contributed by atoms with E-state index in [1.54, 1.807) is 4.57 Å². The number of H-pyrrole nitrogens is 1. The number of aromatic nitrogens is 3. The van der Waals surface area contributed by atoms with Gasteiger partial charge in [0, 0.05) is 12.7 Å². The van der Waals surface area contributed by atoms with Crippen molar-refractivity contribution in [3.63, 3.8) is 0 Å². The van der Waals surface area contributed by atoms with Crippen molar-refractivity contribution in [2.45, 2.75) is 32.2 Å². The molecule has 6 heteroatoms. The lowest BCUT2D eigenvalue weighted by Crippen LogP contribution is -2.23. The molecule has 0 radical (unpaired) electrons. The lowest BCUT2D eigenvalue weighted by Gasteiger charge is -2.12. The first-order valence-electron chi connectivity index (χ1n) is 6.19. The van der Waals surface area contributed by atoms with E-state index in [1.807, 2.05) is 6.20 Å². The van der Waals surface area contributed by atoms with Crippen LogP contribution in [0.5, 0.6) is 0 Å². The number of nitrogens with zero attached hydrogens (tertiary/aromatic N) is 2. The Morgan fingerprint density at radius 3 is 2.94 bits per heavy atom. The van der Waals surface area contributed by atoms with Gasteiger partial charge in [0.15, 0.2) is 5.82 Å². The maximum Gasteiger partial charge on any atom is 0.263 e. The SMILES string of the molecule is Nc1n[nH]c2c(Br)cn(CC3CCCC3)c(=O)c12. The van der Waals surface area contributed by atoms with E-state index in [4.69, 9.17) is 5.73 Å². The molecule has 1 aliphatic rings. The van der Waals surface area contributed by atoms with Gasteiger partial charge < -0.3 is 10.3 Å². The fourth-order valence-electron chi connectivity index (χ4n) is 2.76. The third-order valence-corrected chi connectivity index (χ3v) is 4.31. The van der Waals surface area contributed by atoms with Crippen molar-refractivity contribution in [3.8, 4) is 0 Å². The molecule has 3 rings (SSSR count). The summed E-state index contributed by atoms with van der Waals surface area (Å²) in [6, 6.07) is 0. The van der Waals surface area contributed by atoms with Crippen molar-refractivity contribution in [2.24, 2.45) is 5.92 Å². The number of halogens is 1. The second-order valence-electron chi connectivity index (χ2n) is 4.94. The lowest BCUT2D eigenvalue weighted by molar-refractivity contribution is 0.450. The first-order chi connectivity index (χ1) is 8.66. The molecule has 0 spiro atoms. The molecule has 18 heavy (non-hydrogen) atoms. The first-order valence-corrected chi connectivity index (χ1v) is 6.98. The average molecular weight is 311 g/mol. The summed E-state index contributed by atoms with van der Waals surface area (Å²) < 4.78 is 2.59. The standard InChI is InChI=1S/C12H15BrN4O/c13-8-6-17(5-7-3-1-2-4-7)12(18)9-10(8)15-16-11(9)14/h6-7H,1-5H2,(H3,14,15,16). The fraction of sp³-hybridized carbons (Fsp3) is 0.500. The maximum absolute atomic E-state index is 12.4. The smallest absolute Gasteiger partial charge is 0.263 e. The van der Waals surface area contributed by atoms with E-state index >= 15 is 0 Å². The molecule has 0 atom stereocenters. The molecule has 0 amide bonds. The molecule has 0 aromatic carbocycles. The van der Waals surface area contributed by atoms with Gasteiger partial charge in [0.2, 0.25) is 0 Å². The Morgan fingerprint density at radius 2 is 2.22 bits per heavy atom. The lowest BCUT2D eigenvalue weighted by atomic mass is 10.1. The zero-order chi connectivity index (χ0) is 12.7. The summed E-state index contributed by atoms with van der Waals surface area (Å²) in [6.45, 7) is 0.776. The number of nitrogen functional groups attached to an aromatic ring is 1. The van der Waals surface area contributed by atoms with E-state index < -0.39 is 0 Å². The Bertz CT molecular complexity index is 639. The van der Waals surface area contributed by atoms with E-state index in [-0.39, 0.29) is 11.4 Å². The summed E-state index contributed by atoms with van der Waals surface area (Å²) >= 11 is 3.46. The van der Waals surface area contributed by atoms with Crippen LogP contribution in [-0.4, -0.2) is 14.8 Å². The molecule has 0 aliphatic heterocycles. The van der Waals surface area contributed by atoms with Gasteiger partial charge in [0.1, 0.15) is 5.39 Å². The minimum absolute atomic E-state index is 0.0497. The van der Waals surface area contributed by atoms with Crippen LogP contribution in [0.4, 0.5) is 5.82 Å². The van der Waals surface area contributed by atoms with Crippen molar-refractivity contribution >= 4 is 32.7 Å². The highest BCUT2D eigenvalue weighted by Gasteiger charge is 2.18. The number of pyridine rings is 1. The van der Waals surface area contributed by atoms with Crippen LogP contribution in [0, 0.1) is 5.92 Å². The zero-order valence-corrected chi connectivity index (χ0v) is 11.5. The van der Waals surface area contributed by atoms with E-state index in [2.05, 4.69) is 26.1 Å². The second kappa shape index (κ2) is 4.42. The Kier molecular flexibility index (Phi) is 2.89. The molecule has 1 saturated carbocycles. The minimum Gasteiger partial charge on any atom is -0.382 e. The first kappa shape index (κ1) is 11.8. The van der Waals surface area contributed by atoms with Gasteiger partial charge in [-0.1, -0.05) is 12.8 Å². The summed E-state index contributed by atoms with van der Waals surface area (Å²) in [6.07, 6.45) is 6.81. The molecular formula is C12H15BrN4O. The van der Waals surface area contributed by atoms with Gasteiger partial charge in [-0.15, -0.1) is 0 Å². The molecule has 0 bridgehead atoms. The number of rotatable bonds is 2.